The van der Waals surface area contributed by atoms with Gasteiger partial charge < -0.3 is 10.4 Å². The van der Waals surface area contributed by atoms with Crippen molar-refractivity contribution in [3.63, 3.8) is 0 Å². The van der Waals surface area contributed by atoms with Gasteiger partial charge in [0.05, 0.1) is 11.8 Å². The van der Waals surface area contributed by atoms with E-state index in [1.807, 2.05) is 0 Å². The summed E-state index contributed by atoms with van der Waals surface area (Å²) in [5, 5.41) is 11.3. The zero-order valence-corrected chi connectivity index (χ0v) is 11.6. The molecule has 2 unspecified atom stereocenters. The van der Waals surface area contributed by atoms with Crippen molar-refractivity contribution in [2.75, 3.05) is 6.54 Å². The summed E-state index contributed by atoms with van der Waals surface area (Å²) in [6, 6.07) is 4.64. The number of carboxylic acid groups (broad SMARTS) is 1. The lowest BCUT2D eigenvalue weighted by Crippen LogP contribution is -2.28. The van der Waals surface area contributed by atoms with Crippen molar-refractivity contribution in [3.05, 3.63) is 34.1 Å². The quantitative estimate of drug-likeness (QED) is 0.867. The van der Waals surface area contributed by atoms with Crippen LogP contribution in [0.15, 0.2) is 22.7 Å². The fourth-order valence-electron chi connectivity index (χ4n) is 1.94. The third-order valence-corrected chi connectivity index (χ3v) is 3.64. The van der Waals surface area contributed by atoms with Crippen molar-refractivity contribution in [1.82, 2.24) is 5.32 Å². The molecule has 0 saturated heterocycles. The Bertz CT molecular complexity index is 521. The van der Waals surface area contributed by atoms with Crippen molar-refractivity contribution in [2.45, 2.75) is 12.8 Å². The molecule has 0 spiro atoms. The first-order chi connectivity index (χ1) is 8.99. The molecule has 6 heteroatoms. The summed E-state index contributed by atoms with van der Waals surface area (Å²) in [5.41, 5.74) is 0.514. The Balaban J connectivity index is 1.79. The van der Waals surface area contributed by atoms with Crippen LogP contribution < -0.4 is 5.32 Å². The average molecular weight is 330 g/mol. The molecule has 0 bridgehead atoms. The maximum absolute atomic E-state index is 13.4. The van der Waals surface area contributed by atoms with E-state index < -0.39 is 17.8 Å². The van der Waals surface area contributed by atoms with Crippen molar-refractivity contribution in [3.8, 4) is 0 Å². The van der Waals surface area contributed by atoms with Crippen molar-refractivity contribution < 1.29 is 19.1 Å². The zero-order valence-electron chi connectivity index (χ0n) is 10.0. The third-order valence-electron chi connectivity index (χ3n) is 3.15. The summed E-state index contributed by atoms with van der Waals surface area (Å²) in [6.07, 6.45) is 0.772. The van der Waals surface area contributed by atoms with E-state index in [4.69, 9.17) is 5.11 Å². The van der Waals surface area contributed by atoms with Gasteiger partial charge in [0.25, 0.3) is 0 Å². The van der Waals surface area contributed by atoms with Gasteiger partial charge in [-0.1, -0.05) is 15.9 Å². The predicted octanol–water partition coefficient (Wildman–Crippen LogP) is 1.97. The van der Waals surface area contributed by atoms with E-state index in [9.17, 15) is 14.0 Å². The number of nitrogens with one attached hydrogen (secondary N) is 1. The SMILES string of the molecule is O=C(O)C1CC1C(=O)NCCc1cc(Br)ccc1F. The summed E-state index contributed by atoms with van der Waals surface area (Å²) < 4.78 is 14.2. The first-order valence-electron chi connectivity index (χ1n) is 5.93. The Morgan fingerprint density at radius 3 is 2.79 bits per heavy atom. The van der Waals surface area contributed by atoms with Crippen LogP contribution in [0.25, 0.3) is 0 Å². The normalized spacial score (nSPS) is 20.9. The number of hydrogen-bond donors (Lipinski definition) is 2. The molecule has 0 aromatic heterocycles. The maximum atomic E-state index is 13.4. The molecular formula is C13H13BrFNO3. The Morgan fingerprint density at radius 1 is 1.42 bits per heavy atom. The molecule has 2 N–H and O–H groups in total. The van der Waals surface area contributed by atoms with Crippen molar-refractivity contribution in [2.24, 2.45) is 11.8 Å². The van der Waals surface area contributed by atoms with Gasteiger partial charge in [-0.3, -0.25) is 9.59 Å². The molecule has 1 aliphatic rings. The molecule has 2 atom stereocenters. The highest BCUT2D eigenvalue weighted by Gasteiger charge is 2.48. The number of carbonyl (C=O) groups is 2. The van der Waals surface area contributed by atoms with Crippen LogP contribution in [0, 0.1) is 17.7 Å². The highest BCUT2D eigenvalue weighted by molar-refractivity contribution is 9.10. The predicted molar refractivity (Wildman–Crippen MR) is 70.0 cm³/mol. The van der Waals surface area contributed by atoms with Crippen LogP contribution in [0.2, 0.25) is 0 Å². The average Bonchev–Trinajstić information content (AvgIpc) is 3.13. The lowest BCUT2D eigenvalue weighted by atomic mass is 10.1. The topological polar surface area (TPSA) is 66.4 Å². The fraction of sp³-hybridized carbons (Fsp3) is 0.385. The minimum absolute atomic E-state index is 0.261. The summed E-state index contributed by atoms with van der Waals surface area (Å²) in [7, 11) is 0. The summed E-state index contributed by atoms with van der Waals surface area (Å²) in [6.45, 7) is 0.301. The second-order valence-electron chi connectivity index (χ2n) is 4.56. The van der Waals surface area contributed by atoms with Crippen LogP contribution >= 0.6 is 15.9 Å². The molecule has 0 heterocycles. The van der Waals surface area contributed by atoms with Gasteiger partial charge in [-0.2, -0.15) is 0 Å². The number of carbonyl (C=O) groups excluding carboxylic acids is 1. The van der Waals surface area contributed by atoms with Crippen LogP contribution in [-0.4, -0.2) is 23.5 Å². The Kier molecular flexibility index (Phi) is 4.19. The molecule has 19 heavy (non-hydrogen) atoms. The van der Waals surface area contributed by atoms with Gasteiger partial charge in [0.15, 0.2) is 0 Å². The monoisotopic (exact) mass is 329 g/mol. The van der Waals surface area contributed by atoms with Gasteiger partial charge in [0.1, 0.15) is 5.82 Å². The van der Waals surface area contributed by atoms with Gasteiger partial charge in [-0.05, 0) is 36.6 Å². The van der Waals surface area contributed by atoms with E-state index in [1.54, 1.807) is 12.1 Å². The van der Waals surface area contributed by atoms with Crippen LogP contribution in [0.3, 0.4) is 0 Å². The van der Waals surface area contributed by atoms with Gasteiger partial charge in [-0.15, -0.1) is 0 Å². The van der Waals surface area contributed by atoms with Crippen molar-refractivity contribution in [1.29, 1.82) is 0 Å². The van der Waals surface area contributed by atoms with Crippen LogP contribution in [0.4, 0.5) is 4.39 Å². The van der Waals surface area contributed by atoms with Crippen LogP contribution in [0.5, 0.6) is 0 Å². The Morgan fingerprint density at radius 2 is 2.16 bits per heavy atom. The third kappa shape index (κ3) is 3.53. The number of rotatable bonds is 5. The van der Waals surface area contributed by atoms with Crippen LogP contribution in [-0.2, 0) is 16.0 Å². The van der Waals surface area contributed by atoms with Gasteiger partial charge >= 0.3 is 5.97 Å². The standard InChI is InChI=1S/C13H13BrFNO3/c14-8-1-2-11(15)7(5-8)3-4-16-12(17)9-6-10(9)13(18)19/h1-2,5,9-10H,3-4,6H2,(H,16,17)(H,18,19). The Labute approximate surface area is 118 Å². The molecule has 0 radical (unpaired) electrons. The van der Waals surface area contributed by atoms with E-state index in [-0.39, 0.29) is 11.7 Å². The number of amides is 1. The minimum atomic E-state index is -0.932. The number of halogens is 2. The zero-order chi connectivity index (χ0) is 14.0. The molecule has 1 amide bonds. The first-order valence-corrected chi connectivity index (χ1v) is 6.73. The van der Waals surface area contributed by atoms with E-state index >= 15 is 0 Å². The number of carboxylic acids is 1. The van der Waals surface area contributed by atoms with Gasteiger partial charge in [0.2, 0.25) is 5.91 Å². The van der Waals surface area contributed by atoms with Gasteiger partial charge in [-0.25, -0.2) is 4.39 Å². The largest absolute Gasteiger partial charge is 0.481 e. The maximum Gasteiger partial charge on any atom is 0.307 e. The van der Waals surface area contributed by atoms with Crippen LogP contribution in [0.1, 0.15) is 12.0 Å². The molecule has 1 aromatic carbocycles. The molecule has 2 rings (SSSR count). The molecule has 4 nitrogen and oxygen atoms in total. The second-order valence-corrected chi connectivity index (χ2v) is 5.48. The van der Waals surface area contributed by atoms with Crippen molar-refractivity contribution >= 4 is 27.8 Å². The van der Waals surface area contributed by atoms with E-state index in [1.165, 1.54) is 6.07 Å². The number of aliphatic carboxylic acids is 1. The van der Waals surface area contributed by atoms with E-state index in [2.05, 4.69) is 21.2 Å². The summed E-state index contributed by atoms with van der Waals surface area (Å²) >= 11 is 3.25. The molecule has 102 valence electrons. The summed E-state index contributed by atoms with van der Waals surface area (Å²) in [4.78, 5) is 22.2. The second kappa shape index (κ2) is 5.69. The smallest absolute Gasteiger partial charge is 0.307 e. The molecule has 1 fully saturated rings. The molecular weight excluding hydrogens is 317 g/mol. The lowest BCUT2D eigenvalue weighted by molar-refractivity contribution is -0.140. The van der Waals surface area contributed by atoms with Gasteiger partial charge in [0, 0.05) is 11.0 Å². The molecule has 1 saturated carbocycles. The van der Waals surface area contributed by atoms with E-state index in [0.717, 1.165) is 4.47 Å². The Hall–Kier alpha value is -1.43. The highest BCUT2D eigenvalue weighted by atomic mass is 79.9. The molecule has 0 aliphatic heterocycles. The lowest BCUT2D eigenvalue weighted by Gasteiger charge is -2.06. The minimum Gasteiger partial charge on any atom is -0.481 e. The summed E-state index contributed by atoms with van der Waals surface area (Å²) in [5.74, 6) is -2.49. The molecule has 1 aromatic rings. The highest BCUT2D eigenvalue weighted by Crippen LogP contribution is 2.38. The number of hydrogen-bond acceptors (Lipinski definition) is 2. The molecule has 1 aliphatic carbocycles. The fourth-order valence-corrected chi connectivity index (χ4v) is 2.35. The van der Waals surface area contributed by atoms with E-state index in [0.29, 0.717) is 24.9 Å². The first kappa shape index (κ1) is 14.0. The number of benzene rings is 1.